The molecule has 0 aromatic heterocycles. The third-order valence-corrected chi connectivity index (χ3v) is 6.34. The predicted octanol–water partition coefficient (Wildman–Crippen LogP) is 6.09. The quantitative estimate of drug-likeness (QED) is 0.222. The van der Waals surface area contributed by atoms with E-state index in [-0.39, 0.29) is 21.9 Å². The molecule has 1 amide bonds. The summed E-state index contributed by atoms with van der Waals surface area (Å²) >= 11 is 3.23. The Balaban J connectivity index is 1.92. The number of aryl methyl sites for hydroxylation is 1. The van der Waals surface area contributed by atoms with Crippen molar-refractivity contribution in [1.29, 1.82) is 5.26 Å². The summed E-state index contributed by atoms with van der Waals surface area (Å²) in [6, 6.07) is 15.8. The van der Waals surface area contributed by atoms with Gasteiger partial charge in [0.1, 0.15) is 22.3 Å². The lowest BCUT2D eigenvalue weighted by molar-refractivity contribution is -0.137. The van der Waals surface area contributed by atoms with Crippen LogP contribution in [-0.2, 0) is 21.1 Å². The van der Waals surface area contributed by atoms with Crippen LogP contribution in [0.15, 0.2) is 81.7 Å². The summed E-state index contributed by atoms with van der Waals surface area (Å²) in [6.07, 6.45) is -3.53. The van der Waals surface area contributed by atoms with Crippen molar-refractivity contribution in [2.45, 2.75) is 18.0 Å². The van der Waals surface area contributed by atoms with Gasteiger partial charge in [-0.2, -0.15) is 26.9 Å². The van der Waals surface area contributed by atoms with Crippen LogP contribution in [0.1, 0.15) is 16.7 Å². The summed E-state index contributed by atoms with van der Waals surface area (Å²) in [5.74, 6) is -1.15. The number of nitriles is 1. The van der Waals surface area contributed by atoms with Gasteiger partial charge in [0, 0.05) is 15.7 Å². The smallest absolute Gasteiger partial charge is 0.378 e. The van der Waals surface area contributed by atoms with Gasteiger partial charge in [0.2, 0.25) is 0 Å². The van der Waals surface area contributed by atoms with Gasteiger partial charge in [0.15, 0.2) is 0 Å². The van der Waals surface area contributed by atoms with Crippen molar-refractivity contribution in [3.05, 3.63) is 93.5 Å². The number of nitrogens with zero attached hydrogens (tertiary/aromatic N) is 1. The van der Waals surface area contributed by atoms with Gasteiger partial charge in [-0.3, -0.25) is 4.79 Å². The first kappa shape index (κ1) is 26.0. The summed E-state index contributed by atoms with van der Waals surface area (Å²) in [7, 11) is -4.23. The van der Waals surface area contributed by atoms with Crippen LogP contribution in [0, 0.1) is 18.3 Å². The molecular formula is C24H16BrF3N2O4S. The summed E-state index contributed by atoms with van der Waals surface area (Å²) in [6.45, 7) is 1.79. The van der Waals surface area contributed by atoms with Crippen molar-refractivity contribution in [3.63, 3.8) is 0 Å². The van der Waals surface area contributed by atoms with E-state index in [1.54, 1.807) is 25.1 Å². The van der Waals surface area contributed by atoms with Crippen LogP contribution in [-0.4, -0.2) is 14.3 Å². The molecule has 0 fully saturated rings. The fourth-order valence-corrected chi connectivity index (χ4v) is 4.19. The topological polar surface area (TPSA) is 96.3 Å². The summed E-state index contributed by atoms with van der Waals surface area (Å²) in [4.78, 5) is 12.5. The molecule has 0 spiro atoms. The fraction of sp³-hybridized carbons (Fsp3) is 0.0833. The average Bonchev–Trinajstić information content (AvgIpc) is 2.79. The molecule has 3 rings (SSSR count). The lowest BCUT2D eigenvalue weighted by atomic mass is 10.1. The van der Waals surface area contributed by atoms with E-state index in [0.29, 0.717) is 4.47 Å². The normalized spacial score (nSPS) is 12.1. The van der Waals surface area contributed by atoms with Crippen molar-refractivity contribution in [3.8, 4) is 11.8 Å². The van der Waals surface area contributed by atoms with Gasteiger partial charge in [-0.05, 0) is 61.5 Å². The van der Waals surface area contributed by atoms with E-state index in [0.717, 1.165) is 29.8 Å². The van der Waals surface area contributed by atoms with Gasteiger partial charge < -0.3 is 9.50 Å². The first-order chi connectivity index (χ1) is 16.4. The zero-order valence-corrected chi connectivity index (χ0v) is 20.3. The molecule has 6 nitrogen and oxygen atoms in total. The Labute approximate surface area is 207 Å². The molecule has 0 saturated carbocycles. The molecule has 35 heavy (non-hydrogen) atoms. The first-order valence-corrected chi connectivity index (χ1v) is 12.0. The number of carbonyl (C=O) groups excluding carboxylic acids is 1. The van der Waals surface area contributed by atoms with Gasteiger partial charge in [0.25, 0.3) is 5.91 Å². The molecule has 3 aromatic carbocycles. The molecule has 0 unspecified atom stereocenters. The van der Waals surface area contributed by atoms with E-state index in [2.05, 4.69) is 21.2 Å². The Kier molecular flexibility index (Phi) is 7.67. The summed E-state index contributed by atoms with van der Waals surface area (Å²) in [5.41, 5.74) is -0.703. The Morgan fingerprint density at radius 1 is 1.09 bits per heavy atom. The first-order valence-electron chi connectivity index (χ1n) is 9.80. The minimum Gasteiger partial charge on any atom is -0.378 e. The number of hydrogen-bond donors (Lipinski definition) is 1. The van der Waals surface area contributed by atoms with Crippen LogP contribution in [0.5, 0.6) is 5.75 Å². The monoisotopic (exact) mass is 564 g/mol. The highest BCUT2D eigenvalue weighted by molar-refractivity contribution is 9.10. The standard InChI is InChI=1S/C24H16BrF3N2O4S/c1-15-5-8-21(9-6-15)35(32,33)34-22-10-7-19(25)12-16(22)11-17(14-29)23(31)30-20-4-2-3-18(13-20)24(26,27)28/h2-13H,1H3,(H,30,31)/b17-11+. The number of nitrogens with one attached hydrogen (secondary N) is 1. The van der Waals surface area contributed by atoms with Crippen molar-refractivity contribution in [2.24, 2.45) is 0 Å². The number of rotatable bonds is 6. The second kappa shape index (κ2) is 10.3. The van der Waals surface area contributed by atoms with Crippen molar-refractivity contribution in [2.75, 3.05) is 5.32 Å². The maximum Gasteiger partial charge on any atom is 0.416 e. The number of benzene rings is 3. The second-order valence-corrected chi connectivity index (χ2v) is 9.70. The number of anilines is 1. The minimum atomic E-state index is -4.61. The third kappa shape index (κ3) is 6.71. The maximum atomic E-state index is 12.9. The largest absolute Gasteiger partial charge is 0.416 e. The van der Waals surface area contributed by atoms with Gasteiger partial charge in [-0.1, -0.05) is 39.7 Å². The number of alkyl halides is 3. The van der Waals surface area contributed by atoms with E-state index < -0.39 is 33.3 Å². The molecule has 3 aromatic rings. The zero-order chi connectivity index (χ0) is 25.8. The van der Waals surface area contributed by atoms with Crippen molar-refractivity contribution >= 4 is 43.7 Å². The van der Waals surface area contributed by atoms with Gasteiger partial charge in [0.05, 0.1) is 5.56 Å². The molecule has 180 valence electrons. The van der Waals surface area contributed by atoms with Crippen LogP contribution in [0.3, 0.4) is 0 Å². The lowest BCUT2D eigenvalue weighted by Gasteiger charge is -2.11. The molecule has 0 aliphatic carbocycles. The van der Waals surface area contributed by atoms with Gasteiger partial charge in [-0.25, -0.2) is 0 Å². The van der Waals surface area contributed by atoms with Crippen molar-refractivity contribution in [1.82, 2.24) is 0 Å². The molecule has 0 aliphatic heterocycles. The van der Waals surface area contributed by atoms with Crippen LogP contribution >= 0.6 is 15.9 Å². The second-order valence-electron chi connectivity index (χ2n) is 7.24. The molecule has 1 N–H and O–H groups in total. The van der Waals surface area contributed by atoms with E-state index in [4.69, 9.17) is 4.18 Å². The Morgan fingerprint density at radius 3 is 2.40 bits per heavy atom. The Hall–Kier alpha value is -3.62. The number of hydrogen-bond acceptors (Lipinski definition) is 5. The molecule has 0 radical (unpaired) electrons. The summed E-state index contributed by atoms with van der Waals surface area (Å²) in [5, 5.41) is 11.7. The lowest BCUT2D eigenvalue weighted by Crippen LogP contribution is -2.15. The van der Waals surface area contributed by atoms with E-state index >= 15 is 0 Å². The van der Waals surface area contributed by atoms with Gasteiger partial charge in [-0.15, -0.1) is 0 Å². The Bertz CT molecular complexity index is 1440. The molecule has 11 heteroatoms. The van der Waals surface area contributed by atoms with Crippen LogP contribution in [0.4, 0.5) is 18.9 Å². The third-order valence-electron chi connectivity index (χ3n) is 4.59. The highest BCUT2D eigenvalue weighted by Crippen LogP contribution is 2.31. The van der Waals surface area contributed by atoms with Crippen LogP contribution in [0.25, 0.3) is 6.08 Å². The minimum absolute atomic E-state index is 0.0748. The molecule has 0 saturated heterocycles. The summed E-state index contributed by atoms with van der Waals surface area (Å²) < 4.78 is 70.0. The zero-order valence-electron chi connectivity index (χ0n) is 17.9. The Morgan fingerprint density at radius 2 is 1.77 bits per heavy atom. The SMILES string of the molecule is Cc1ccc(S(=O)(=O)Oc2ccc(Br)cc2/C=C(\C#N)C(=O)Nc2cccc(C(F)(F)F)c2)cc1. The van der Waals surface area contributed by atoms with Crippen molar-refractivity contribution < 1.29 is 30.6 Å². The highest BCUT2D eigenvalue weighted by Gasteiger charge is 2.30. The molecule has 0 atom stereocenters. The molecule has 0 bridgehead atoms. The fourth-order valence-electron chi connectivity index (χ4n) is 2.86. The number of carbonyl (C=O) groups is 1. The van der Waals surface area contributed by atoms with E-state index in [1.807, 2.05) is 0 Å². The number of halogens is 4. The van der Waals surface area contributed by atoms with Crippen LogP contribution in [0.2, 0.25) is 0 Å². The van der Waals surface area contributed by atoms with E-state index in [9.17, 15) is 31.6 Å². The molecule has 0 aliphatic rings. The van der Waals surface area contributed by atoms with E-state index in [1.165, 1.54) is 36.4 Å². The molecule has 0 heterocycles. The molecular weight excluding hydrogens is 549 g/mol. The van der Waals surface area contributed by atoms with Crippen LogP contribution < -0.4 is 9.50 Å². The number of amides is 1. The highest BCUT2D eigenvalue weighted by atomic mass is 79.9. The maximum absolute atomic E-state index is 12.9. The average molecular weight is 565 g/mol. The predicted molar refractivity (Wildman–Crippen MR) is 127 cm³/mol. The van der Waals surface area contributed by atoms with Gasteiger partial charge >= 0.3 is 16.3 Å².